The molecular weight excluding hydrogens is 456 g/mol. The van der Waals surface area contributed by atoms with Crippen LogP contribution < -0.4 is 4.90 Å². The van der Waals surface area contributed by atoms with Crippen molar-refractivity contribution in [2.75, 3.05) is 4.90 Å². The molecule has 2 heterocycles. The Hall–Kier alpha value is -2.54. The van der Waals surface area contributed by atoms with Crippen molar-refractivity contribution in [3.63, 3.8) is 0 Å². The van der Waals surface area contributed by atoms with Crippen LogP contribution in [0.15, 0.2) is 71.3 Å². The van der Waals surface area contributed by atoms with E-state index in [2.05, 4.69) is 20.9 Å². The van der Waals surface area contributed by atoms with E-state index < -0.39 is 23.7 Å². The number of carbonyl (C=O) groups excluding carboxylic acids is 2. The van der Waals surface area contributed by atoms with Crippen molar-refractivity contribution < 1.29 is 14.7 Å². The fourth-order valence-electron chi connectivity index (χ4n) is 3.50. The topological polar surface area (TPSA) is 70.5 Å². The maximum absolute atomic E-state index is 13.3. The molecule has 2 aromatic carbocycles. The molecule has 0 fully saturated rings. The first kappa shape index (κ1) is 19.8. The molecule has 0 saturated carbocycles. The van der Waals surface area contributed by atoms with Crippen LogP contribution in [0.25, 0.3) is 0 Å². The number of nitrogens with zero attached hydrogens (tertiary/aromatic N) is 2. The predicted octanol–water partition coefficient (Wildman–Crippen LogP) is 4.50. The number of aromatic nitrogens is 1. The van der Waals surface area contributed by atoms with E-state index in [1.807, 2.05) is 18.2 Å². The molecule has 0 radical (unpaired) electrons. The summed E-state index contributed by atoms with van der Waals surface area (Å²) in [4.78, 5) is 31.6. The van der Waals surface area contributed by atoms with Crippen molar-refractivity contribution in [2.45, 2.75) is 18.6 Å². The largest absolute Gasteiger partial charge is 0.375 e. The molecule has 1 aromatic heterocycles. The second kappa shape index (κ2) is 7.71. The lowest BCUT2D eigenvalue weighted by Crippen LogP contribution is -2.41. The van der Waals surface area contributed by atoms with E-state index in [0.29, 0.717) is 20.7 Å². The van der Waals surface area contributed by atoms with Gasteiger partial charge in [0.25, 0.3) is 5.91 Å². The van der Waals surface area contributed by atoms with Crippen molar-refractivity contribution in [1.82, 2.24) is 4.98 Å². The standard InChI is InChI=1S/C22H16BrClN2O3/c23-15-8-9-19-16(11-15)22(29,12-20(27)18-7-3-4-10-25-18)21(28)26(19)13-14-5-1-2-6-17(14)24/h1-11,29H,12-13H2/t22-/m1/s1. The van der Waals surface area contributed by atoms with Gasteiger partial charge >= 0.3 is 0 Å². The van der Waals surface area contributed by atoms with Crippen molar-refractivity contribution in [3.05, 3.63) is 93.2 Å². The molecule has 1 N–H and O–H groups in total. The Morgan fingerprint density at radius 3 is 2.62 bits per heavy atom. The summed E-state index contributed by atoms with van der Waals surface area (Å²) >= 11 is 9.65. The maximum atomic E-state index is 13.3. The minimum absolute atomic E-state index is 0.188. The fraction of sp³-hybridized carbons (Fsp3) is 0.136. The molecule has 1 amide bonds. The van der Waals surface area contributed by atoms with Gasteiger partial charge in [-0.3, -0.25) is 14.6 Å². The number of rotatable bonds is 5. The van der Waals surface area contributed by atoms with E-state index in [0.717, 1.165) is 5.56 Å². The molecule has 0 bridgehead atoms. The normalized spacial score (nSPS) is 18.0. The Kier molecular flexibility index (Phi) is 5.25. The molecule has 3 aromatic rings. The van der Waals surface area contributed by atoms with Crippen LogP contribution in [0.3, 0.4) is 0 Å². The quantitative estimate of drug-likeness (QED) is 0.556. The average molecular weight is 472 g/mol. The number of hydrogen-bond acceptors (Lipinski definition) is 4. The summed E-state index contributed by atoms with van der Waals surface area (Å²) in [7, 11) is 0. The van der Waals surface area contributed by atoms with Gasteiger partial charge in [0.05, 0.1) is 18.7 Å². The number of halogens is 2. The zero-order valence-electron chi connectivity index (χ0n) is 15.2. The molecule has 4 rings (SSSR count). The zero-order chi connectivity index (χ0) is 20.6. The summed E-state index contributed by atoms with van der Waals surface area (Å²) in [6, 6.07) is 17.4. The number of carbonyl (C=O) groups is 2. The number of fused-ring (bicyclic) bond motifs is 1. The fourth-order valence-corrected chi connectivity index (χ4v) is 4.05. The van der Waals surface area contributed by atoms with Crippen molar-refractivity contribution >= 4 is 44.9 Å². The Bertz CT molecular complexity index is 1110. The summed E-state index contributed by atoms with van der Waals surface area (Å²) in [5.74, 6) is -0.971. The predicted molar refractivity (Wildman–Crippen MR) is 114 cm³/mol. The van der Waals surface area contributed by atoms with E-state index in [-0.39, 0.29) is 12.2 Å². The van der Waals surface area contributed by atoms with Crippen LogP contribution in [-0.4, -0.2) is 21.8 Å². The zero-order valence-corrected chi connectivity index (χ0v) is 17.5. The van der Waals surface area contributed by atoms with Crippen LogP contribution in [0.1, 0.15) is 28.0 Å². The van der Waals surface area contributed by atoms with Gasteiger partial charge in [-0.25, -0.2) is 0 Å². The summed E-state index contributed by atoms with van der Waals surface area (Å²) in [5, 5.41) is 11.9. The number of anilines is 1. The van der Waals surface area contributed by atoms with Crippen LogP contribution in [0.2, 0.25) is 5.02 Å². The SMILES string of the molecule is O=C(C[C@]1(O)C(=O)N(Cc2ccccc2Cl)c2ccc(Br)cc21)c1ccccn1. The Balaban J connectivity index is 1.73. The lowest BCUT2D eigenvalue weighted by atomic mass is 9.89. The van der Waals surface area contributed by atoms with Gasteiger partial charge in [0.1, 0.15) is 5.69 Å². The second-order valence-corrected chi connectivity index (χ2v) is 8.14. The first-order valence-electron chi connectivity index (χ1n) is 8.92. The number of benzene rings is 2. The van der Waals surface area contributed by atoms with Gasteiger partial charge in [-0.2, -0.15) is 0 Å². The van der Waals surface area contributed by atoms with E-state index in [9.17, 15) is 14.7 Å². The molecule has 0 saturated heterocycles. The Morgan fingerprint density at radius 1 is 1.14 bits per heavy atom. The molecule has 0 spiro atoms. The summed E-state index contributed by atoms with van der Waals surface area (Å²) in [5.41, 5.74) is -0.0937. The molecule has 1 aliphatic rings. The van der Waals surface area contributed by atoms with E-state index in [1.54, 1.807) is 42.5 Å². The van der Waals surface area contributed by atoms with E-state index in [1.165, 1.54) is 11.1 Å². The number of ketones is 1. The van der Waals surface area contributed by atoms with Gasteiger partial charge in [0.2, 0.25) is 0 Å². The Morgan fingerprint density at radius 2 is 1.90 bits per heavy atom. The van der Waals surface area contributed by atoms with E-state index in [4.69, 9.17) is 11.6 Å². The molecule has 0 unspecified atom stereocenters. The molecular formula is C22H16BrClN2O3. The highest BCUT2D eigenvalue weighted by Gasteiger charge is 2.51. The van der Waals surface area contributed by atoms with Crippen LogP contribution in [0.5, 0.6) is 0 Å². The number of amides is 1. The molecule has 7 heteroatoms. The van der Waals surface area contributed by atoms with Crippen LogP contribution in [0.4, 0.5) is 5.69 Å². The minimum Gasteiger partial charge on any atom is -0.375 e. The van der Waals surface area contributed by atoms with Crippen LogP contribution in [0, 0.1) is 0 Å². The van der Waals surface area contributed by atoms with Gasteiger partial charge < -0.3 is 10.0 Å². The number of hydrogen-bond donors (Lipinski definition) is 1. The third kappa shape index (κ3) is 3.59. The van der Waals surface area contributed by atoms with Crippen molar-refractivity contribution in [1.29, 1.82) is 0 Å². The number of aliphatic hydroxyl groups is 1. The lowest BCUT2D eigenvalue weighted by Gasteiger charge is -2.23. The highest BCUT2D eigenvalue weighted by molar-refractivity contribution is 9.10. The molecule has 29 heavy (non-hydrogen) atoms. The highest BCUT2D eigenvalue weighted by atomic mass is 79.9. The monoisotopic (exact) mass is 470 g/mol. The minimum atomic E-state index is -1.98. The Labute approximate surface area is 181 Å². The molecule has 146 valence electrons. The molecule has 1 aliphatic heterocycles. The van der Waals surface area contributed by atoms with Crippen LogP contribution in [-0.2, 0) is 16.9 Å². The summed E-state index contributed by atoms with van der Waals surface area (Å²) in [6.45, 7) is 0.188. The lowest BCUT2D eigenvalue weighted by molar-refractivity contribution is -0.136. The second-order valence-electron chi connectivity index (χ2n) is 6.82. The third-order valence-corrected chi connectivity index (χ3v) is 5.81. The van der Waals surface area contributed by atoms with Crippen molar-refractivity contribution in [2.24, 2.45) is 0 Å². The number of Topliss-reactive ketones (excluding diaryl/α,β-unsaturated/α-hetero) is 1. The summed E-state index contributed by atoms with van der Waals surface area (Å²) in [6.07, 6.45) is 1.10. The maximum Gasteiger partial charge on any atom is 0.264 e. The van der Waals surface area contributed by atoms with E-state index >= 15 is 0 Å². The first-order chi connectivity index (χ1) is 13.9. The summed E-state index contributed by atoms with van der Waals surface area (Å²) < 4.78 is 0.701. The van der Waals surface area contributed by atoms with Gasteiger partial charge in [0, 0.05) is 21.3 Å². The molecule has 1 atom stereocenters. The smallest absolute Gasteiger partial charge is 0.264 e. The van der Waals surface area contributed by atoms with Crippen molar-refractivity contribution in [3.8, 4) is 0 Å². The highest BCUT2D eigenvalue weighted by Crippen LogP contribution is 2.45. The van der Waals surface area contributed by atoms with Gasteiger partial charge in [0.15, 0.2) is 11.4 Å². The van der Waals surface area contributed by atoms with Gasteiger partial charge in [-0.15, -0.1) is 0 Å². The molecule has 5 nitrogen and oxygen atoms in total. The van der Waals surface area contributed by atoms with Gasteiger partial charge in [-0.05, 0) is 42.0 Å². The third-order valence-electron chi connectivity index (χ3n) is 4.95. The molecule has 0 aliphatic carbocycles. The first-order valence-corrected chi connectivity index (χ1v) is 10.1. The average Bonchev–Trinajstić information content (AvgIpc) is 2.92. The van der Waals surface area contributed by atoms with Crippen LogP contribution >= 0.6 is 27.5 Å². The number of pyridine rings is 1. The van der Waals surface area contributed by atoms with Gasteiger partial charge in [-0.1, -0.05) is 51.8 Å².